The van der Waals surface area contributed by atoms with Crippen LogP contribution in [0, 0.1) is 10.5 Å². The summed E-state index contributed by atoms with van der Waals surface area (Å²) in [6.45, 7) is 2.01. The molecule has 0 aliphatic rings. The van der Waals surface area contributed by atoms with Gasteiger partial charge in [0.1, 0.15) is 0 Å². The molecule has 3 heteroatoms. The second-order valence-corrected chi connectivity index (χ2v) is 2.68. The summed E-state index contributed by atoms with van der Waals surface area (Å²) >= 11 is 2.22. The van der Waals surface area contributed by atoms with Crippen molar-refractivity contribution in [2.24, 2.45) is 0 Å². The molecule has 0 aliphatic heterocycles. The predicted octanol–water partition coefficient (Wildman–Crippen LogP) is 1.39. The van der Waals surface area contributed by atoms with E-state index >= 15 is 0 Å². The standard InChI is InChI=1S/C5H5IN2/c1-4-2-7-8-3-5(4)6/h2-3H,1H3. The first-order valence-electron chi connectivity index (χ1n) is 2.23. The zero-order valence-electron chi connectivity index (χ0n) is 4.43. The van der Waals surface area contributed by atoms with Crippen LogP contribution in [-0.2, 0) is 0 Å². The minimum absolute atomic E-state index is 1.16. The van der Waals surface area contributed by atoms with E-state index in [-0.39, 0.29) is 0 Å². The van der Waals surface area contributed by atoms with E-state index in [0.717, 1.165) is 3.57 Å². The Labute approximate surface area is 61.5 Å². The Morgan fingerprint density at radius 2 is 2.00 bits per heavy atom. The van der Waals surface area contributed by atoms with E-state index in [1.807, 2.05) is 6.92 Å². The molecule has 0 radical (unpaired) electrons. The van der Waals surface area contributed by atoms with E-state index in [2.05, 4.69) is 32.8 Å². The molecule has 2 nitrogen and oxygen atoms in total. The molecule has 0 atom stereocenters. The van der Waals surface area contributed by atoms with Crippen molar-refractivity contribution in [2.75, 3.05) is 0 Å². The van der Waals surface area contributed by atoms with E-state index in [0.29, 0.717) is 0 Å². The van der Waals surface area contributed by atoms with E-state index in [1.165, 1.54) is 5.56 Å². The largest absolute Gasteiger partial charge is 0.159 e. The number of rotatable bonds is 0. The lowest BCUT2D eigenvalue weighted by Crippen LogP contribution is -1.83. The second-order valence-electron chi connectivity index (χ2n) is 1.52. The molecule has 8 heavy (non-hydrogen) atoms. The molecule has 0 saturated heterocycles. The molecule has 1 aromatic heterocycles. The van der Waals surface area contributed by atoms with Gasteiger partial charge in [0.25, 0.3) is 0 Å². The highest BCUT2D eigenvalue weighted by Gasteiger charge is 1.88. The van der Waals surface area contributed by atoms with Crippen LogP contribution in [0.4, 0.5) is 0 Å². The summed E-state index contributed by atoms with van der Waals surface area (Å²) < 4.78 is 1.16. The lowest BCUT2D eigenvalue weighted by atomic mass is 10.4. The van der Waals surface area contributed by atoms with Gasteiger partial charge in [0.15, 0.2) is 0 Å². The molecule has 0 aromatic carbocycles. The average molecular weight is 220 g/mol. The van der Waals surface area contributed by atoms with Crippen LogP contribution in [0.3, 0.4) is 0 Å². The van der Waals surface area contributed by atoms with Gasteiger partial charge in [-0.15, -0.1) is 0 Å². The fraction of sp³-hybridized carbons (Fsp3) is 0.200. The van der Waals surface area contributed by atoms with Crippen molar-refractivity contribution in [2.45, 2.75) is 6.92 Å². The topological polar surface area (TPSA) is 25.8 Å². The van der Waals surface area contributed by atoms with Crippen LogP contribution in [0.25, 0.3) is 0 Å². The summed E-state index contributed by atoms with van der Waals surface area (Å²) in [6, 6.07) is 0. The summed E-state index contributed by atoms with van der Waals surface area (Å²) in [5.74, 6) is 0. The summed E-state index contributed by atoms with van der Waals surface area (Å²) in [5.41, 5.74) is 1.18. The van der Waals surface area contributed by atoms with Gasteiger partial charge < -0.3 is 0 Å². The van der Waals surface area contributed by atoms with Gasteiger partial charge in [-0.2, -0.15) is 10.2 Å². The molecule has 0 aliphatic carbocycles. The van der Waals surface area contributed by atoms with Gasteiger partial charge in [-0.25, -0.2) is 0 Å². The molecule has 1 rings (SSSR count). The number of aromatic nitrogens is 2. The molecule has 0 fully saturated rings. The zero-order chi connectivity index (χ0) is 5.98. The van der Waals surface area contributed by atoms with Crippen LogP contribution >= 0.6 is 22.6 Å². The number of nitrogens with zero attached hydrogens (tertiary/aromatic N) is 2. The fourth-order valence-electron chi connectivity index (χ4n) is 0.367. The molecule has 0 spiro atoms. The summed E-state index contributed by atoms with van der Waals surface area (Å²) in [6.07, 6.45) is 3.50. The number of aryl methyl sites for hydroxylation is 1. The molecule has 42 valence electrons. The van der Waals surface area contributed by atoms with Crippen LogP contribution in [0.15, 0.2) is 12.4 Å². The Bertz CT molecular complexity index is 167. The average Bonchev–Trinajstić information content (AvgIpc) is 1.77. The molecule has 0 saturated carbocycles. The Balaban J connectivity index is 3.13. The van der Waals surface area contributed by atoms with E-state index < -0.39 is 0 Å². The van der Waals surface area contributed by atoms with E-state index in [1.54, 1.807) is 12.4 Å². The zero-order valence-corrected chi connectivity index (χ0v) is 6.58. The van der Waals surface area contributed by atoms with Gasteiger partial charge in [-0.1, -0.05) is 0 Å². The van der Waals surface area contributed by atoms with E-state index in [4.69, 9.17) is 0 Å². The van der Waals surface area contributed by atoms with Gasteiger partial charge in [0.2, 0.25) is 0 Å². The van der Waals surface area contributed by atoms with Crippen molar-refractivity contribution in [3.63, 3.8) is 0 Å². The number of halogens is 1. The first-order chi connectivity index (χ1) is 3.80. The van der Waals surface area contributed by atoms with Gasteiger partial charge in [-0.05, 0) is 35.1 Å². The monoisotopic (exact) mass is 220 g/mol. The smallest absolute Gasteiger partial charge is 0.0632 e. The SMILES string of the molecule is Cc1cnncc1I. The summed E-state index contributed by atoms with van der Waals surface area (Å²) in [4.78, 5) is 0. The lowest BCUT2D eigenvalue weighted by Gasteiger charge is -1.89. The first kappa shape index (κ1) is 5.94. The predicted molar refractivity (Wildman–Crippen MR) is 39.5 cm³/mol. The molecule has 1 heterocycles. The van der Waals surface area contributed by atoms with Crippen LogP contribution < -0.4 is 0 Å². The van der Waals surface area contributed by atoms with Crippen LogP contribution in [0.5, 0.6) is 0 Å². The third-order valence-electron chi connectivity index (χ3n) is 0.866. The third-order valence-corrected chi connectivity index (χ3v) is 2.00. The highest BCUT2D eigenvalue weighted by atomic mass is 127. The van der Waals surface area contributed by atoms with Crippen LogP contribution in [0.2, 0.25) is 0 Å². The first-order valence-corrected chi connectivity index (χ1v) is 3.31. The minimum atomic E-state index is 1.16. The van der Waals surface area contributed by atoms with Crippen molar-refractivity contribution in [3.05, 3.63) is 21.5 Å². The molecule has 0 unspecified atom stereocenters. The second kappa shape index (κ2) is 2.39. The molecular formula is C5H5IN2. The molecular weight excluding hydrogens is 215 g/mol. The quantitative estimate of drug-likeness (QED) is 0.617. The molecule has 1 aromatic rings. The van der Waals surface area contributed by atoms with Gasteiger partial charge in [0.05, 0.1) is 12.4 Å². The normalized spacial score (nSPS) is 9.25. The summed E-state index contributed by atoms with van der Waals surface area (Å²) in [5, 5.41) is 7.38. The number of hydrogen-bond donors (Lipinski definition) is 0. The van der Waals surface area contributed by atoms with Crippen LogP contribution in [-0.4, -0.2) is 10.2 Å². The van der Waals surface area contributed by atoms with Crippen molar-refractivity contribution in [1.29, 1.82) is 0 Å². The summed E-state index contributed by atoms with van der Waals surface area (Å²) in [7, 11) is 0. The van der Waals surface area contributed by atoms with Crippen molar-refractivity contribution in [3.8, 4) is 0 Å². The Morgan fingerprint density at radius 3 is 2.38 bits per heavy atom. The highest BCUT2D eigenvalue weighted by molar-refractivity contribution is 14.1. The van der Waals surface area contributed by atoms with E-state index in [9.17, 15) is 0 Å². The Morgan fingerprint density at radius 1 is 1.38 bits per heavy atom. The maximum Gasteiger partial charge on any atom is 0.0632 e. The molecule has 0 N–H and O–H groups in total. The Kier molecular flexibility index (Phi) is 1.77. The number of hydrogen-bond acceptors (Lipinski definition) is 2. The molecule has 0 bridgehead atoms. The van der Waals surface area contributed by atoms with Gasteiger partial charge in [0, 0.05) is 3.57 Å². The fourth-order valence-corrected chi connectivity index (χ4v) is 0.631. The van der Waals surface area contributed by atoms with Crippen LogP contribution in [0.1, 0.15) is 5.56 Å². The molecule has 0 amide bonds. The third kappa shape index (κ3) is 1.15. The highest BCUT2D eigenvalue weighted by Crippen LogP contribution is 2.04. The Hall–Kier alpha value is -0.190. The van der Waals surface area contributed by atoms with Gasteiger partial charge >= 0.3 is 0 Å². The lowest BCUT2D eigenvalue weighted by molar-refractivity contribution is 1.00. The van der Waals surface area contributed by atoms with Crippen molar-refractivity contribution in [1.82, 2.24) is 10.2 Å². The minimum Gasteiger partial charge on any atom is -0.159 e. The van der Waals surface area contributed by atoms with Crippen molar-refractivity contribution >= 4 is 22.6 Å². The van der Waals surface area contributed by atoms with Gasteiger partial charge in [-0.3, -0.25) is 0 Å². The maximum absolute atomic E-state index is 3.69. The maximum atomic E-state index is 3.69. The van der Waals surface area contributed by atoms with Crippen molar-refractivity contribution < 1.29 is 0 Å².